The van der Waals surface area contributed by atoms with E-state index < -0.39 is 0 Å². The molecule has 0 atom stereocenters. The van der Waals surface area contributed by atoms with Crippen molar-refractivity contribution in [3.05, 3.63) is 89.6 Å². The average molecular weight is 428 g/mol. The second-order valence-electron chi connectivity index (χ2n) is 7.30. The minimum atomic E-state index is -0.140. The fraction of sp³-hybridized carbons (Fsp3) is 0.167. The van der Waals surface area contributed by atoms with E-state index in [4.69, 9.17) is 4.98 Å². The minimum Gasteiger partial charge on any atom is -0.295 e. The first-order valence-corrected chi connectivity index (χ1v) is 11.0. The Morgan fingerprint density at radius 1 is 1.06 bits per heavy atom. The molecule has 0 aliphatic carbocycles. The van der Waals surface area contributed by atoms with E-state index in [0.717, 1.165) is 28.0 Å². The van der Waals surface area contributed by atoms with Gasteiger partial charge in [0.2, 0.25) is 0 Å². The third kappa shape index (κ3) is 3.47. The highest BCUT2D eigenvalue weighted by Gasteiger charge is 2.27. The smallest absolute Gasteiger partial charge is 0.279 e. The molecular formula is C24H21N5OS. The molecule has 0 saturated heterocycles. The normalized spacial score (nSPS) is 11.3. The van der Waals surface area contributed by atoms with Gasteiger partial charge in [0.15, 0.2) is 5.13 Å². The van der Waals surface area contributed by atoms with Crippen LogP contribution in [0.1, 0.15) is 34.4 Å². The van der Waals surface area contributed by atoms with Crippen molar-refractivity contribution in [3.8, 4) is 0 Å². The summed E-state index contributed by atoms with van der Waals surface area (Å²) in [7, 11) is 0. The summed E-state index contributed by atoms with van der Waals surface area (Å²) in [6.07, 6.45) is 4.50. The lowest BCUT2D eigenvalue weighted by Gasteiger charge is -2.19. The van der Waals surface area contributed by atoms with Crippen LogP contribution in [-0.2, 0) is 13.0 Å². The molecule has 31 heavy (non-hydrogen) atoms. The first-order chi connectivity index (χ1) is 15.2. The molecule has 5 aromatic rings. The number of hydrogen-bond acceptors (Lipinski definition) is 5. The molecule has 4 aromatic heterocycles. The number of fused-ring (bicyclic) bond motifs is 2. The van der Waals surface area contributed by atoms with E-state index in [2.05, 4.69) is 29.0 Å². The number of carbonyl (C=O) groups is 1. The number of anilines is 1. The van der Waals surface area contributed by atoms with Gasteiger partial charge >= 0.3 is 0 Å². The van der Waals surface area contributed by atoms with E-state index in [0.29, 0.717) is 23.1 Å². The summed E-state index contributed by atoms with van der Waals surface area (Å²) < 4.78 is 2.91. The van der Waals surface area contributed by atoms with Crippen molar-refractivity contribution in [2.45, 2.75) is 26.8 Å². The van der Waals surface area contributed by atoms with Crippen LogP contribution in [0.2, 0.25) is 0 Å². The standard InChI is InChI=1S/C24H21N5OS/c1-3-17-9-8-11-19-21(17)27-24(31-19)29(15-18-10-4-6-13-25-18)23(30)22-16(2)26-20-12-5-7-14-28(20)22/h4-14H,3,15H2,1-2H3. The summed E-state index contributed by atoms with van der Waals surface area (Å²) in [5.74, 6) is -0.140. The highest BCUT2D eigenvalue weighted by Crippen LogP contribution is 2.33. The lowest BCUT2D eigenvalue weighted by Crippen LogP contribution is -2.32. The van der Waals surface area contributed by atoms with E-state index in [1.165, 1.54) is 16.9 Å². The minimum absolute atomic E-state index is 0.140. The van der Waals surface area contributed by atoms with Crippen molar-refractivity contribution in [2.75, 3.05) is 4.90 Å². The summed E-state index contributed by atoms with van der Waals surface area (Å²) in [5, 5.41) is 0.664. The second kappa shape index (κ2) is 7.92. The van der Waals surface area contributed by atoms with Crippen LogP contribution in [-0.4, -0.2) is 25.3 Å². The Bertz CT molecular complexity index is 1390. The van der Waals surface area contributed by atoms with Crippen LogP contribution in [0.3, 0.4) is 0 Å². The van der Waals surface area contributed by atoms with Crippen LogP contribution in [0.4, 0.5) is 5.13 Å². The third-order valence-corrected chi connectivity index (χ3v) is 6.34. The zero-order valence-corrected chi connectivity index (χ0v) is 18.1. The van der Waals surface area contributed by atoms with Gasteiger partial charge in [0, 0.05) is 12.4 Å². The number of pyridine rings is 2. The number of nitrogens with zero attached hydrogens (tertiary/aromatic N) is 5. The van der Waals surface area contributed by atoms with E-state index >= 15 is 0 Å². The molecule has 5 rings (SSSR count). The molecule has 0 aliphatic rings. The van der Waals surface area contributed by atoms with Crippen LogP contribution in [0, 0.1) is 6.92 Å². The number of rotatable bonds is 5. The van der Waals surface area contributed by atoms with Gasteiger partial charge in [0.05, 0.1) is 28.1 Å². The van der Waals surface area contributed by atoms with Crippen molar-refractivity contribution < 1.29 is 4.79 Å². The van der Waals surface area contributed by atoms with Crippen molar-refractivity contribution >= 4 is 38.2 Å². The molecule has 0 bridgehead atoms. The van der Waals surface area contributed by atoms with Gasteiger partial charge in [-0.3, -0.25) is 19.1 Å². The van der Waals surface area contributed by atoms with Gasteiger partial charge in [-0.1, -0.05) is 42.5 Å². The fourth-order valence-electron chi connectivity index (χ4n) is 3.77. The zero-order chi connectivity index (χ0) is 21.4. The Balaban J connectivity index is 1.66. The maximum absolute atomic E-state index is 13.9. The number of aromatic nitrogens is 4. The Morgan fingerprint density at radius 2 is 1.94 bits per heavy atom. The molecule has 1 amide bonds. The Morgan fingerprint density at radius 3 is 2.74 bits per heavy atom. The van der Waals surface area contributed by atoms with Crippen LogP contribution in [0.15, 0.2) is 67.0 Å². The second-order valence-corrected chi connectivity index (χ2v) is 8.31. The number of thiazole rings is 1. The van der Waals surface area contributed by atoms with Gasteiger partial charge < -0.3 is 0 Å². The van der Waals surface area contributed by atoms with Gasteiger partial charge in [0.25, 0.3) is 5.91 Å². The van der Waals surface area contributed by atoms with Crippen molar-refractivity contribution in [2.24, 2.45) is 0 Å². The molecule has 0 aliphatic heterocycles. The fourth-order valence-corrected chi connectivity index (χ4v) is 4.78. The van der Waals surface area contributed by atoms with Crippen LogP contribution in [0.25, 0.3) is 15.9 Å². The molecule has 7 heteroatoms. The summed E-state index contributed by atoms with van der Waals surface area (Å²) in [6.45, 7) is 4.32. The molecule has 6 nitrogen and oxygen atoms in total. The first kappa shape index (κ1) is 19.4. The number of imidazole rings is 1. The van der Waals surface area contributed by atoms with Gasteiger partial charge in [-0.05, 0) is 49.2 Å². The molecule has 0 radical (unpaired) electrons. The van der Waals surface area contributed by atoms with Crippen molar-refractivity contribution in [1.29, 1.82) is 0 Å². The Hall–Kier alpha value is -3.58. The molecule has 0 N–H and O–H groups in total. The lowest BCUT2D eigenvalue weighted by molar-refractivity contribution is 0.0978. The number of aryl methyl sites for hydroxylation is 2. The van der Waals surface area contributed by atoms with E-state index in [-0.39, 0.29) is 5.91 Å². The topological polar surface area (TPSA) is 63.4 Å². The van der Waals surface area contributed by atoms with Crippen molar-refractivity contribution in [1.82, 2.24) is 19.4 Å². The molecule has 4 heterocycles. The predicted molar refractivity (Wildman–Crippen MR) is 124 cm³/mol. The summed E-state index contributed by atoms with van der Waals surface area (Å²) >= 11 is 1.53. The molecule has 0 spiro atoms. The summed E-state index contributed by atoms with van der Waals surface area (Å²) in [5.41, 5.74) is 4.92. The van der Waals surface area contributed by atoms with E-state index in [9.17, 15) is 4.79 Å². The summed E-state index contributed by atoms with van der Waals surface area (Å²) in [6, 6.07) is 17.6. The van der Waals surface area contributed by atoms with Crippen LogP contribution in [0.5, 0.6) is 0 Å². The number of carbonyl (C=O) groups excluding carboxylic acids is 1. The van der Waals surface area contributed by atoms with Crippen LogP contribution < -0.4 is 4.90 Å². The van der Waals surface area contributed by atoms with Gasteiger partial charge in [-0.15, -0.1) is 0 Å². The SMILES string of the molecule is CCc1cccc2sc(N(Cc3ccccn3)C(=O)c3c(C)nc4ccccn34)nc12. The zero-order valence-electron chi connectivity index (χ0n) is 17.3. The van der Waals surface area contributed by atoms with Gasteiger partial charge in [0.1, 0.15) is 11.3 Å². The molecule has 0 saturated carbocycles. The molecule has 154 valence electrons. The third-order valence-electron chi connectivity index (χ3n) is 5.30. The lowest BCUT2D eigenvalue weighted by atomic mass is 10.1. The molecule has 0 fully saturated rings. The summed E-state index contributed by atoms with van der Waals surface area (Å²) in [4.78, 5) is 29.5. The van der Waals surface area contributed by atoms with E-state index in [1.807, 2.05) is 60.0 Å². The quantitative estimate of drug-likeness (QED) is 0.393. The monoisotopic (exact) mass is 427 g/mol. The maximum Gasteiger partial charge on any atom is 0.279 e. The predicted octanol–water partition coefficient (Wildman–Crippen LogP) is 5.06. The number of benzene rings is 1. The van der Waals surface area contributed by atoms with Gasteiger partial charge in [-0.25, -0.2) is 9.97 Å². The van der Waals surface area contributed by atoms with Crippen molar-refractivity contribution in [3.63, 3.8) is 0 Å². The molecule has 1 aromatic carbocycles. The molecule has 0 unspecified atom stereocenters. The van der Waals surface area contributed by atoms with E-state index in [1.54, 1.807) is 11.1 Å². The highest BCUT2D eigenvalue weighted by atomic mass is 32.1. The maximum atomic E-state index is 13.9. The number of amides is 1. The molecular weight excluding hydrogens is 406 g/mol. The first-order valence-electron chi connectivity index (χ1n) is 10.2. The number of hydrogen-bond donors (Lipinski definition) is 0. The largest absolute Gasteiger partial charge is 0.295 e. The Kier molecular flexibility index (Phi) is 4.95. The average Bonchev–Trinajstić information content (AvgIpc) is 3.37. The Labute approximate surface area is 183 Å². The number of para-hydroxylation sites is 1. The van der Waals surface area contributed by atoms with Gasteiger partial charge in [-0.2, -0.15) is 0 Å². The highest BCUT2D eigenvalue weighted by molar-refractivity contribution is 7.22. The van der Waals surface area contributed by atoms with Crippen LogP contribution >= 0.6 is 11.3 Å².